The molecule has 3 N–H and O–H groups in total. The zero-order chi connectivity index (χ0) is 16.2. The van der Waals surface area contributed by atoms with Crippen molar-refractivity contribution in [2.45, 2.75) is 38.1 Å². The van der Waals surface area contributed by atoms with Crippen LogP contribution in [-0.2, 0) is 0 Å². The minimum Gasteiger partial charge on any atom is -0.397 e. The van der Waals surface area contributed by atoms with Crippen molar-refractivity contribution in [1.82, 2.24) is 20.2 Å². The van der Waals surface area contributed by atoms with Gasteiger partial charge in [0.15, 0.2) is 0 Å². The predicted octanol–water partition coefficient (Wildman–Crippen LogP) is 2.03. The number of tetrazole rings is 1. The van der Waals surface area contributed by atoms with Gasteiger partial charge in [-0.15, -0.1) is 5.10 Å². The molecule has 1 saturated heterocycles. The lowest BCUT2D eigenvalue weighted by atomic mass is 9.97. The largest absolute Gasteiger partial charge is 0.397 e. The molecule has 1 fully saturated rings. The summed E-state index contributed by atoms with van der Waals surface area (Å²) >= 11 is 6.43. The monoisotopic (exact) mass is 336 g/mol. The Labute approximate surface area is 140 Å². The van der Waals surface area contributed by atoms with Crippen LogP contribution in [0.2, 0.25) is 5.02 Å². The Bertz CT molecular complexity index is 648. The maximum absolute atomic E-state index is 9.11. The second kappa shape index (κ2) is 7.14. The number of nitrogens with zero attached hydrogens (tertiary/aromatic N) is 5. The number of rotatable bonds is 5. The molecule has 7 nitrogen and oxygen atoms in total. The normalized spacial score (nSPS) is 18.3. The van der Waals surface area contributed by atoms with E-state index >= 15 is 0 Å². The molecular weight excluding hydrogens is 316 g/mol. The number of aromatic nitrogens is 4. The fraction of sp³-hybridized carbons (Fsp3) is 0.533. The standard InChI is InChI=1S/C15H21ClN6O/c16-12-8-15(13(17)9-14(12)22-10-18-19-20-22)21-6-2-1-4-11(21)5-3-7-23/h8-11,23H,1-7,17H2. The second-order valence-electron chi connectivity index (χ2n) is 5.83. The number of halogens is 1. The maximum atomic E-state index is 9.11. The van der Waals surface area contributed by atoms with E-state index < -0.39 is 0 Å². The fourth-order valence-corrected chi connectivity index (χ4v) is 3.45. The van der Waals surface area contributed by atoms with Gasteiger partial charge in [-0.1, -0.05) is 11.6 Å². The Morgan fingerprint density at radius 3 is 2.91 bits per heavy atom. The molecule has 2 aromatic rings. The Balaban J connectivity index is 1.91. The molecule has 2 heterocycles. The van der Waals surface area contributed by atoms with Gasteiger partial charge in [-0.3, -0.25) is 0 Å². The maximum Gasteiger partial charge on any atom is 0.143 e. The summed E-state index contributed by atoms with van der Waals surface area (Å²) in [7, 11) is 0. The Morgan fingerprint density at radius 1 is 1.30 bits per heavy atom. The highest BCUT2D eigenvalue weighted by Crippen LogP contribution is 2.36. The van der Waals surface area contributed by atoms with Gasteiger partial charge in [0, 0.05) is 19.2 Å². The molecule has 0 radical (unpaired) electrons. The number of anilines is 2. The molecule has 0 bridgehead atoms. The van der Waals surface area contributed by atoms with Gasteiger partial charge in [0.05, 0.1) is 22.1 Å². The zero-order valence-corrected chi connectivity index (χ0v) is 13.7. The van der Waals surface area contributed by atoms with Crippen molar-refractivity contribution in [3.05, 3.63) is 23.5 Å². The molecular formula is C15H21ClN6O. The third-order valence-corrected chi connectivity index (χ3v) is 4.63. The first-order chi connectivity index (χ1) is 11.2. The minimum atomic E-state index is 0.221. The highest BCUT2D eigenvalue weighted by Gasteiger charge is 2.24. The topological polar surface area (TPSA) is 93.1 Å². The van der Waals surface area contributed by atoms with E-state index in [1.807, 2.05) is 12.1 Å². The van der Waals surface area contributed by atoms with Crippen LogP contribution in [0.25, 0.3) is 5.69 Å². The van der Waals surface area contributed by atoms with Gasteiger partial charge in [-0.2, -0.15) is 4.68 Å². The van der Waals surface area contributed by atoms with Gasteiger partial charge in [0.1, 0.15) is 6.33 Å². The van der Waals surface area contributed by atoms with E-state index in [1.54, 1.807) is 0 Å². The number of aliphatic hydroxyl groups excluding tert-OH is 1. The molecule has 0 amide bonds. The average Bonchev–Trinajstić information content (AvgIpc) is 3.09. The second-order valence-corrected chi connectivity index (χ2v) is 6.23. The van der Waals surface area contributed by atoms with Crippen molar-refractivity contribution < 1.29 is 5.11 Å². The number of benzene rings is 1. The van der Waals surface area contributed by atoms with Crippen LogP contribution < -0.4 is 10.6 Å². The van der Waals surface area contributed by atoms with E-state index in [4.69, 9.17) is 22.4 Å². The summed E-state index contributed by atoms with van der Waals surface area (Å²) in [6, 6.07) is 4.10. The molecule has 124 valence electrons. The number of piperidine rings is 1. The molecule has 1 aliphatic rings. The van der Waals surface area contributed by atoms with Crippen molar-refractivity contribution >= 4 is 23.0 Å². The van der Waals surface area contributed by atoms with Crippen molar-refractivity contribution in [1.29, 1.82) is 0 Å². The van der Waals surface area contributed by atoms with Crippen LogP contribution >= 0.6 is 11.6 Å². The lowest BCUT2D eigenvalue weighted by molar-refractivity contribution is 0.273. The molecule has 1 unspecified atom stereocenters. The Kier molecular flexibility index (Phi) is 4.97. The van der Waals surface area contributed by atoms with Crippen LogP contribution in [0.1, 0.15) is 32.1 Å². The molecule has 8 heteroatoms. The van der Waals surface area contributed by atoms with Crippen LogP contribution in [-0.4, -0.2) is 44.5 Å². The number of nitrogen functional groups attached to an aromatic ring is 1. The third-order valence-electron chi connectivity index (χ3n) is 4.32. The zero-order valence-electron chi connectivity index (χ0n) is 12.9. The van der Waals surface area contributed by atoms with Crippen molar-refractivity contribution in [2.24, 2.45) is 0 Å². The van der Waals surface area contributed by atoms with Crippen LogP contribution in [0, 0.1) is 0 Å². The summed E-state index contributed by atoms with van der Waals surface area (Å²) in [6.45, 7) is 1.18. The van der Waals surface area contributed by atoms with E-state index in [0.29, 0.717) is 22.4 Å². The first kappa shape index (κ1) is 16.0. The van der Waals surface area contributed by atoms with Crippen molar-refractivity contribution in [3.8, 4) is 5.69 Å². The number of hydrogen-bond donors (Lipinski definition) is 2. The summed E-state index contributed by atoms with van der Waals surface area (Å²) in [6.07, 6.45) is 6.72. The smallest absolute Gasteiger partial charge is 0.143 e. The van der Waals surface area contributed by atoms with Crippen molar-refractivity contribution in [2.75, 3.05) is 23.8 Å². The molecule has 3 rings (SSSR count). The van der Waals surface area contributed by atoms with Crippen LogP contribution in [0.15, 0.2) is 18.5 Å². The third kappa shape index (κ3) is 3.40. The van der Waals surface area contributed by atoms with Gasteiger partial charge >= 0.3 is 0 Å². The highest BCUT2D eigenvalue weighted by atomic mass is 35.5. The summed E-state index contributed by atoms with van der Waals surface area (Å²) < 4.78 is 1.50. The SMILES string of the molecule is Nc1cc(-n2cnnn2)c(Cl)cc1N1CCCCC1CCCO. The van der Waals surface area contributed by atoms with E-state index in [9.17, 15) is 0 Å². The average molecular weight is 337 g/mol. The molecule has 1 atom stereocenters. The predicted molar refractivity (Wildman–Crippen MR) is 89.9 cm³/mol. The van der Waals surface area contributed by atoms with Crippen LogP contribution in [0.4, 0.5) is 11.4 Å². The molecule has 0 spiro atoms. The van der Waals surface area contributed by atoms with Gasteiger partial charge in [-0.05, 0) is 54.7 Å². The summed E-state index contributed by atoms with van der Waals surface area (Å²) in [5.74, 6) is 0. The van der Waals surface area contributed by atoms with Crippen molar-refractivity contribution in [3.63, 3.8) is 0 Å². The van der Waals surface area contributed by atoms with E-state index in [1.165, 1.54) is 17.4 Å². The van der Waals surface area contributed by atoms with E-state index in [0.717, 1.165) is 37.9 Å². The molecule has 1 aromatic heterocycles. The Hall–Kier alpha value is -1.86. The fourth-order valence-electron chi connectivity index (χ4n) is 3.21. The van der Waals surface area contributed by atoms with Crippen LogP contribution in [0.3, 0.4) is 0 Å². The molecule has 0 aliphatic carbocycles. The Morgan fingerprint density at radius 2 is 2.17 bits per heavy atom. The molecule has 23 heavy (non-hydrogen) atoms. The van der Waals surface area contributed by atoms with Gasteiger partial charge in [0.2, 0.25) is 0 Å². The van der Waals surface area contributed by atoms with Gasteiger partial charge in [0.25, 0.3) is 0 Å². The van der Waals surface area contributed by atoms with E-state index in [-0.39, 0.29) is 6.61 Å². The molecule has 1 aromatic carbocycles. The molecule has 1 aliphatic heterocycles. The lowest BCUT2D eigenvalue weighted by Gasteiger charge is -2.38. The summed E-state index contributed by atoms with van der Waals surface area (Å²) in [5.41, 5.74) is 8.57. The first-order valence-electron chi connectivity index (χ1n) is 7.90. The first-order valence-corrected chi connectivity index (χ1v) is 8.28. The molecule has 0 saturated carbocycles. The van der Waals surface area contributed by atoms with Crippen LogP contribution in [0.5, 0.6) is 0 Å². The highest BCUT2D eigenvalue weighted by molar-refractivity contribution is 6.32. The van der Waals surface area contributed by atoms with E-state index in [2.05, 4.69) is 20.4 Å². The summed E-state index contributed by atoms with van der Waals surface area (Å²) in [5, 5.41) is 20.8. The summed E-state index contributed by atoms with van der Waals surface area (Å²) in [4.78, 5) is 2.32. The van der Waals surface area contributed by atoms with Gasteiger partial charge < -0.3 is 15.7 Å². The quantitative estimate of drug-likeness (QED) is 0.811. The number of nitrogens with two attached hydrogens (primary N) is 1. The number of hydrogen-bond acceptors (Lipinski definition) is 6. The minimum absolute atomic E-state index is 0.221. The van der Waals surface area contributed by atoms with Gasteiger partial charge in [-0.25, -0.2) is 0 Å². The number of aliphatic hydroxyl groups is 1. The lowest BCUT2D eigenvalue weighted by Crippen LogP contribution is -2.40.